The van der Waals surface area contributed by atoms with Gasteiger partial charge in [0.15, 0.2) is 0 Å². The van der Waals surface area contributed by atoms with Crippen molar-refractivity contribution in [2.24, 2.45) is 0 Å². The number of nitrogens with zero attached hydrogens (tertiary/aromatic N) is 1. The predicted octanol–water partition coefficient (Wildman–Crippen LogP) is 1.95. The van der Waals surface area contributed by atoms with Gasteiger partial charge in [-0.25, -0.2) is 13.1 Å². The molecule has 2 atom stereocenters. The number of fused-ring (bicyclic) bond motifs is 1. The maximum absolute atomic E-state index is 12.4. The fourth-order valence-electron chi connectivity index (χ4n) is 3.77. The zero-order chi connectivity index (χ0) is 17.2. The minimum atomic E-state index is -3.40. The van der Waals surface area contributed by atoms with E-state index in [2.05, 4.69) is 23.5 Å². The molecule has 1 saturated heterocycles. The third kappa shape index (κ3) is 4.36. The molecule has 0 radical (unpaired) electrons. The predicted molar refractivity (Wildman–Crippen MR) is 94.7 cm³/mol. The Kier molecular flexibility index (Phi) is 5.59. The molecule has 3 rings (SSSR count). The van der Waals surface area contributed by atoms with Crippen molar-refractivity contribution in [2.45, 2.75) is 56.6 Å². The second-order valence-electron chi connectivity index (χ2n) is 7.05. The van der Waals surface area contributed by atoms with Crippen molar-refractivity contribution in [3.63, 3.8) is 0 Å². The summed E-state index contributed by atoms with van der Waals surface area (Å²) in [5, 5.41) is 0. The molecule has 1 fully saturated rings. The van der Waals surface area contributed by atoms with E-state index in [0.717, 1.165) is 45.3 Å². The van der Waals surface area contributed by atoms with Crippen molar-refractivity contribution < 1.29 is 13.2 Å². The van der Waals surface area contributed by atoms with Crippen molar-refractivity contribution in [1.82, 2.24) is 9.62 Å². The van der Waals surface area contributed by atoms with E-state index in [9.17, 15) is 8.42 Å². The summed E-state index contributed by atoms with van der Waals surface area (Å²) in [6.45, 7) is 7.37. The van der Waals surface area contributed by atoms with Gasteiger partial charge in [-0.2, -0.15) is 0 Å². The SMILES string of the molecule is CC1CN(CCCNS(=O)(=O)c2ccc3c(c2)CCC3)CC(C)O1. The Balaban J connectivity index is 1.49. The quantitative estimate of drug-likeness (QED) is 0.795. The van der Waals surface area contributed by atoms with Crippen LogP contribution < -0.4 is 4.72 Å². The first-order valence-corrected chi connectivity index (χ1v) is 10.4. The van der Waals surface area contributed by atoms with Crippen LogP contribution in [0.1, 0.15) is 37.8 Å². The Morgan fingerprint density at radius 2 is 1.88 bits per heavy atom. The van der Waals surface area contributed by atoms with Crippen molar-refractivity contribution in [1.29, 1.82) is 0 Å². The van der Waals surface area contributed by atoms with Gasteiger partial charge in [0, 0.05) is 19.6 Å². The maximum Gasteiger partial charge on any atom is 0.240 e. The monoisotopic (exact) mass is 352 g/mol. The van der Waals surface area contributed by atoms with Crippen molar-refractivity contribution in [2.75, 3.05) is 26.2 Å². The van der Waals surface area contributed by atoms with Gasteiger partial charge in [0.05, 0.1) is 17.1 Å². The molecular formula is C18H28N2O3S. The van der Waals surface area contributed by atoms with E-state index in [0.29, 0.717) is 11.4 Å². The summed E-state index contributed by atoms with van der Waals surface area (Å²) in [7, 11) is -3.40. The number of rotatable bonds is 6. The van der Waals surface area contributed by atoms with E-state index in [1.54, 1.807) is 6.07 Å². The Hall–Kier alpha value is -0.950. The largest absolute Gasteiger partial charge is 0.373 e. The molecule has 1 aliphatic heterocycles. The molecule has 1 aliphatic carbocycles. The Labute approximate surface area is 145 Å². The molecule has 24 heavy (non-hydrogen) atoms. The van der Waals surface area contributed by atoms with Gasteiger partial charge in [-0.1, -0.05) is 6.07 Å². The number of sulfonamides is 1. The highest BCUT2D eigenvalue weighted by Crippen LogP contribution is 2.24. The molecule has 1 N–H and O–H groups in total. The van der Waals surface area contributed by atoms with Gasteiger partial charge >= 0.3 is 0 Å². The number of morpholine rings is 1. The minimum absolute atomic E-state index is 0.247. The Morgan fingerprint density at radius 1 is 1.17 bits per heavy atom. The normalized spacial score (nSPS) is 24.9. The van der Waals surface area contributed by atoms with E-state index in [1.807, 2.05) is 12.1 Å². The van der Waals surface area contributed by atoms with Crippen LogP contribution in [0.2, 0.25) is 0 Å². The molecule has 1 aromatic rings. The Bertz CT molecular complexity index is 665. The van der Waals surface area contributed by atoms with Crippen LogP contribution in [0.3, 0.4) is 0 Å². The summed E-state index contributed by atoms with van der Waals surface area (Å²) in [4.78, 5) is 2.75. The van der Waals surface area contributed by atoms with Crippen LogP contribution in [-0.2, 0) is 27.6 Å². The average molecular weight is 353 g/mol. The van der Waals surface area contributed by atoms with Crippen LogP contribution in [0.15, 0.2) is 23.1 Å². The summed E-state index contributed by atoms with van der Waals surface area (Å²) in [5.74, 6) is 0. The van der Waals surface area contributed by atoms with Gasteiger partial charge in [-0.3, -0.25) is 4.90 Å². The molecule has 0 amide bonds. The molecule has 0 saturated carbocycles. The minimum Gasteiger partial charge on any atom is -0.373 e. The summed E-state index contributed by atoms with van der Waals surface area (Å²) < 4.78 is 33.3. The molecule has 2 aliphatic rings. The van der Waals surface area contributed by atoms with Gasteiger partial charge in [0.1, 0.15) is 0 Å². The first-order valence-electron chi connectivity index (χ1n) is 8.93. The van der Waals surface area contributed by atoms with Crippen LogP contribution in [-0.4, -0.2) is 51.7 Å². The lowest BCUT2D eigenvalue weighted by Gasteiger charge is -2.35. The average Bonchev–Trinajstić information content (AvgIpc) is 2.98. The number of ether oxygens (including phenoxy) is 1. The fraction of sp³-hybridized carbons (Fsp3) is 0.667. The van der Waals surface area contributed by atoms with Crippen LogP contribution in [0.4, 0.5) is 0 Å². The number of hydrogen-bond donors (Lipinski definition) is 1. The van der Waals surface area contributed by atoms with Gasteiger partial charge in [-0.15, -0.1) is 0 Å². The van der Waals surface area contributed by atoms with E-state index >= 15 is 0 Å². The van der Waals surface area contributed by atoms with Gasteiger partial charge in [-0.05, 0) is 69.3 Å². The summed E-state index contributed by atoms with van der Waals surface area (Å²) in [6.07, 6.45) is 4.49. The zero-order valence-corrected chi connectivity index (χ0v) is 15.4. The fourth-order valence-corrected chi connectivity index (χ4v) is 4.90. The van der Waals surface area contributed by atoms with Crippen molar-refractivity contribution in [3.05, 3.63) is 29.3 Å². The molecule has 0 spiro atoms. The lowest BCUT2D eigenvalue weighted by atomic mass is 10.1. The maximum atomic E-state index is 12.4. The van der Waals surface area contributed by atoms with Gasteiger partial charge in [0.25, 0.3) is 0 Å². The smallest absolute Gasteiger partial charge is 0.240 e. The summed E-state index contributed by atoms with van der Waals surface area (Å²) in [5.41, 5.74) is 2.48. The van der Waals surface area contributed by atoms with E-state index in [4.69, 9.17) is 4.74 Å². The lowest BCUT2D eigenvalue weighted by molar-refractivity contribution is -0.0679. The lowest BCUT2D eigenvalue weighted by Crippen LogP contribution is -2.46. The van der Waals surface area contributed by atoms with Crippen LogP contribution in [0.25, 0.3) is 0 Å². The van der Waals surface area contributed by atoms with E-state index < -0.39 is 10.0 Å². The molecule has 1 heterocycles. The summed E-state index contributed by atoms with van der Waals surface area (Å²) >= 11 is 0. The molecule has 6 heteroatoms. The van der Waals surface area contributed by atoms with E-state index in [-0.39, 0.29) is 12.2 Å². The molecule has 5 nitrogen and oxygen atoms in total. The highest BCUT2D eigenvalue weighted by Gasteiger charge is 2.22. The molecule has 1 aromatic carbocycles. The van der Waals surface area contributed by atoms with Gasteiger partial charge in [0.2, 0.25) is 10.0 Å². The number of hydrogen-bond acceptors (Lipinski definition) is 4. The molecule has 0 bridgehead atoms. The van der Waals surface area contributed by atoms with E-state index in [1.165, 1.54) is 11.1 Å². The number of nitrogens with one attached hydrogen (secondary N) is 1. The standard InChI is InChI=1S/C18H28N2O3S/c1-14-12-20(13-15(2)23-14)10-4-9-19-24(21,22)18-8-7-16-5-3-6-17(16)11-18/h7-8,11,14-15,19H,3-6,9-10,12-13H2,1-2H3. The summed E-state index contributed by atoms with van der Waals surface area (Å²) in [6, 6.07) is 5.54. The molecule has 134 valence electrons. The second kappa shape index (κ2) is 7.52. The van der Waals surface area contributed by atoms with Crippen LogP contribution in [0.5, 0.6) is 0 Å². The Morgan fingerprint density at radius 3 is 2.62 bits per heavy atom. The highest BCUT2D eigenvalue weighted by atomic mass is 32.2. The zero-order valence-electron chi connectivity index (χ0n) is 14.6. The van der Waals surface area contributed by atoms with Gasteiger partial charge < -0.3 is 4.74 Å². The topological polar surface area (TPSA) is 58.6 Å². The third-order valence-corrected chi connectivity index (χ3v) is 6.28. The second-order valence-corrected chi connectivity index (χ2v) is 8.82. The highest BCUT2D eigenvalue weighted by molar-refractivity contribution is 7.89. The van der Waals surface area contributed by atoms with Crippen LogP contribution in [0, 0.1) is 0 Å². The van der Waals surface area contributed by atoms with Crippen molar-refractivity contribution >= 4 is 10.0 Å². The number of benzene rings is 1. The molecule has 0 aromatic heterocycles. The first-order chi connectivity index (χ1) is 11.4. The number of aryl methyl sites for hydroxylation is 2. The third-order valence-electron chi connectivity index (χ3n) is 4.82. The van der Waals surface area contributed by atoms with Crippen molar-refractivity contribution in [3.8, 4) is 0 Å². The van der Waals surface area contributed by atoms with Crippen LogP contribution >= 0.6 is 0 Å². The first kappa shape index (κ1) is 17.9. The molecule has 2 unspecified atom stereocenters. The molecular weight excluding hydrogens is 324 g/mol.